The SMILES string of the molecule is COc1cccc(C(CC(=O)NCCc2ccccc2)c2c[nH]c3ccccc23)c1OC. The van der Waals surface area contributed by atoms with Crippen molar-refractivity contribution in [2.45, 2.75) is 18.8 Å². The molecule has 1 heterocycles. The Bertz CT molecular complexity index is 1180. The van der Waals surface area contributed by atoms with Crippen molar-refractivity contribution in [2.24, 2.45) is 0 Å². The third-order valence-corrected chi connectivity index (χ3v) is 5.77. The van der Waals surface area contributed by atoms with Crippen LogP contribution < -0.4 is 14.8 Å². The van der Waals surface area contributed by atoms with E-state index in [-0.39, 0.29) is 11.8 Å². The van der Waals surface area contributed by atoms with Crippen molar-refractivity contribution in [3.8, 4) is 11.5 Å². The van der Waals surface area contributed by atoms with E-state index in [0.29, 0.717) is 24.5 Å². The molecular weight excluding hydrogens is 400 g/mol. The number of nitrogens with one attached hydrogen (secondary N) is 2. The molecule has 4 rings (SSSR count). The highest BCUT2D eigenvalue weighted by Crippen LogP contribution is 2.41. The van der Waals surface area contributed by atoms with Crippen molar-refractivity contribution in [3.05, 3.63) is 95.7 Å². The standard InChI is InChI=1S/C27H28N2O3/c1-31-25-14-8-12-21(27(25)32-2)22(23-18-29-24-13-7-6-11-20(23)24)17-26(30)28-16-15-19-9-4-3-5-10-19/h3-14,18,22,29H,15-17H2,1-2H3,(H,28,30). The first kappa shape index (κ1) is 21.5. The van der Waals surface area contributed by atoms with E-state index in [9.17, 15) is 4.79 Å². The first-order valence-electron chi connectivity index (χ1n) is 10.8. The summed E-state index contributed by atoms with van der Waals surface area (Å²) in [7, 11) is 3.26. The first-order chi connectivity index (χ1) is 15.7. The predicted molar refractivity (Wildman–Crippen MR) is 127 cm³/mol. The number of fused-ring (bicyclic) bond motifs is 1. The number of H-pyrrole nitrogens is 1. The van der Waals surface area contributed by atoms with Gasteiger partial charge in [-0.25, -0.2) is 0 Å². The molecule has 5 nitrogen and oxygen atoms in total. The van der Waals surface area contributed by atoms with Gasteiger partial charge >= 0.3 is 0 Å². The van der Waals surface area contributed by atoms with Gasteiger partial charge < -0.3 is 19.8 Å². The van der Waals surface area contributed by atoms with Crippen molar-refractivity contribution in [2.75, 3.05) is 20.8 Å². The van der Waals surface area contributed by atoms with Gasteiger partial charge in [-0.1, -0.05) is 60.7 Å². The molecule has 3 aromatic carbocycles. The Labute approximate surface area is 188 Å². The van der Waals surface area contributed by atoms with Gasteiger partial charge in [0.2, 0.25) is 5.91 Å². The number of amides is 1. The molecule has 1 unspecified atom stereocenters. The highest BCUT2D eigenvalue weighted by molar-refractivity contribution is 5.86. The fourth-order valence-corrected chi connectivity index (χ4v) is 4.20. The lowest BCUT2D eigenvalue weighted by Gasteiger charge is -2.21. The van der Waals surface area contributed by atoms with Crippen LogP contribution >= 0.6 is 0 Å². The van der Waals surface area contributed by atoms with Gasteiger partial charge in [-0.3, -0.25) is 4.79 Å². The van der Waals surface area contributed by atoms with Crippen LogP contribution in [0.2, 0.25) is 0 Å². The topological polar surface area (TPSA) is 63.3 Å². The minimum absolute atomic E-state index is 0.00100. The van der Waals surface area contributed by atoms with Gasteiger partial charge in [0.1, 0.15) is 0 Å². The molecule has 0 fully saturated rings. The molecule has 2 N–H and O–H groups in total. The number of ether oxygens (including phenoxy) is 2. The lowest BCUT2D eigenvalue weighted by Crippen LogP contribution is -2.27. The van der Waals surface area contributed by atoms with E-state index in [4.69, 9.17) is 9.47 Å². The molecule has 0 aliphatic carbocycles. The maximum atomic E-state index is 13.0. The van der Waals surface area contributed by atoms with E-state index in [1.165, 1.54) is 5.56 Å². The Morgan fingerprint density at radius 2 is 1.69 bits per heavy atom. The number of para-hydroxylation sites is 2. The fraction of sp³-hybridized carbons (Fsp3) is 0.222. The number of carbonyl (C=O) groups excluding carboxylic acids is 1. The molecule has 32 heavy (non-hydrogen) atoms. The van der Waals surface area contributed by atoms with Gasteiger partial charge in [-0.05, 0) is 29.7 Å². The van der Waals surface area contributed by atoms with Crippen molar-refractivity contribution in [1.29, 1.82) is 0 Å². The highest BCUT2D eigenvalue weighted by Gasteiger charge is 2.25. The second-order valence-corrected chi connectivity index (χ2v) is 7.71. The Morgan fingerprint density at radius 3 is 2.47 bits per heavy atom. The highest BCUT2D eigenvalue weighted by atomic mass is 16.5. The molecule has 0 spiro atoms. The fourth-order valence-electron chi connectivity index (χ4n) is 4.20. The van der Waals surface area contributed by atoms with Gasteiger partial charge in [-0.15, -0.1) is 0 Å². The zero-order chi connectivity index (χ0) is 22.3. The van der Waals surface area contributed by atoms with Crippen LogP contribution in [0.1, 0.15) is 29.0 Å². The lowest BCUT2D eigenvalue weighted by atomic mass is 9.87. The van der Waals surface area contributed by atoms with E-state index in [1.807, 2.05) is 60.8 Å². The molecule has 0 aliphatic heterocycles. The van der Waals surface area contributed by atoms with Gasteiger partial charge in [0.25, 0.3) is 0 Å². The first-order valence-corrected chi connectivity index (χ1v) is 10.8. The summed E-state index contributed by atoms with van der Waals surface area (Å²) < 4.78 is 11.2. The van der Waals surface area contributed by atoms with Crippen molar-refractivity contribution < 1.29 is 14.3 Å². The molecule has 1 atom stereocenters. The quantitative estimate of drug-likeness (QED) is 0.391. The molecule has 164 valence electrons. The van der Waals surface area contributed by atoms with Gasteiger partial charge in [0, 0.05) is 41.5 Å². The van der Waals surface area contributed by atoms with Crippen molar-refractivity contribution in [3.63, 3.8) is 0 Å². The number of rotatable bonds is 9. The van der Waals surface area contributed by atoms with Crippen LogP contribution in [0.15, 0.2) is 79.0 Å². The third kappa shape index (κ3) is 4.62. The van der Waals surface area contributed by atoms with E-state index in [0.717, 1.165) is 28.5 Å². The van der Waals surface area contributed by atoms with Crippen LogP contribution in [0.5, 0.6) is 11.5 Å². The van der Waals surface area contributed by atoms with Crippen molar-refractivity contribution in [1.82, 2.24) is 10.3 Å². The predicted octanol–water partition coefficient (Wildman–Crippen LogP) is 5.07. The second kappa shape index (κ2) is 10.1. The lowest BCUT2D eigenvalue weighted by molar-refractivity contribution is -0.121. The average molecular weight is 429 g/mol. The zero-order valence-electron chi connectivity index (χ0n) is 18.4. The number of carbonyl (C=O) groups is 1. The van der Waals surface area contributed by atoms with Crippen LogP contribution in [-0.2, 0) is 11.2 Å². The molecule has 5 heteroatoms. The summed E-state index contributed by atoms with van der Waals surface area (Å²) in [4.78, 5) is 16.3. The van der Waals surface area contributed by atoms with E-state index in [1.54, 1.807) is 14.2 Å². The van der Waals surface area contributed by atoms with Crippen LogP contribution in [0, 0.1) is 0 Å². The Hall–Kier alpha value is -3.73. The van der Waals surface area contributed by atoms with Crippen LogP contribution in [0.25, 0.3) is 10.9 Å². The number of hydrogen-bond acceptors (Lipinski definition) is 3. The van der Waals surface area contributed by atoms with Crippen LogP contribution in [0.3, 0.4) is 0 Å². The number of methoxy groups -OCH3 is 2. The summed E-state index contributed by atoms with van der Waals surface area (Å²) in [6.07, 6.45) is 3.10. The molecule has 0 aliphatic rings. The minimum atomic E-state index is -0.187. The Balaban J connectivity index is 1.62. The third-order valence-electron chi connectivity index (χ3n) is 5.77. The molecule has 1 amide bonds. The molecule has 1 aromatic heterocycles. The summed E-state index contributed by atoms with van der Waals surface area (Å²) in [5.74, 6) is 1.12. The number of benzene rings is 3. The molecule has 4 aromatic rings. The van der Waals surface area contributed by atoms with E-state index in [2.05, 4.69) is 28.5 Å². The average Bonchev–Trinajstić information content (AvgIpc) is 3.26. The molecular formula is C27H28N2O3. The van der Waals surface area contributed by atoms with Crippen molar-refractivity contribution >= 4 is 16.8 Å². The maximum Gasteiger partial charge on any atom is 0.220 e. The summed E-state index contributed by atoms with van der Waals surface area (Å²) in [5.41, 5.74) is 4.23. The summed E-state index contributed by atoms with van der Waals surface area (Å²) in [6.45, 7) is 0.596. The number of hydrogen-bond donors (Lipinski definition) is 2. The molecule has 0 saturated heterocycles. The molecule has 0 saturated carbocycles. The van der Waals surface area contributed by atoms with Gasteiger partial charge in [-0.2, -0.15) is 0 Å². The number of aromatic amines is 1. The summed E-state index contributed by atoms with van der Waals surface area (Å²) in [5, 5.41) is 4.18. The van der Waals surface area contributed by atoms with Gasteiger partial charge in [0.05, 0.1) is 14.2 Å². The zero-order valence-corrected chi connectivity index (χ0v) is 18.4. The minimum Gasteiger partial charge on any atom is -0.493 e. The van der Waals surface area contributed by atoms with Crippen LogP contribution in [0.4, 0.5) is 0 Å². The normalized spacial score (nSPS) is 11.8. The summed E-state index contributed by atoms with van der Waals surface area (Å²) >= 11 is 0. The molecule has 0 radical (unpaired) electrons. The monoisotopic (exact) mass is 428 g/mol. The largest absolute Gasteiger partial charge is 0.493 e. The smallest absolute Gasteiger partial charge is 0.220 e. The summed E-state index contributed by atoms with van der Waals surface area (Å²) in [6, 6.07) is 24.1. The van der Waals surface area contributed by atoms with E-state index >= 15 is 0 Å². The number of aromatic nitrogens is 1. The Kier molecular flexibility index (Phi) is 6.75. The van der Waals surface area contributed by atoms with E-state index < -0.39 is 0 Å². The molecule has 0 bridgehead atoms. The second-order valence-electron chi connectivity index (χ2n) is 7.71. The maximum absolute atomic E-state index is 13.0. The van der Waals surface area contributed by atoms with Crippen LogP contribution in [-0.4, -0.2) is 31.7 Å². The Morgan fingerprint density at radius 1 is 0.906 bits per heavy atom. The van der Waals surface area contributed by atoms with Gasteiger partial charge in [0.15, 0.2) is 11.5 Å².